The smallest absolute Gasteiger partial charge is 0.226 e. The minimum atomic E-state index is -0.0420. The van der Waals surface area contributed by atoms with Crippen molar-refractivity contribution in [2.75, 3.05) is 13.7 Å². The minimum absolute atomic E-state index is 0.0420. The van der Waals surface area contributed by atoms with Crippen LogP contribution in [-0.2, 0) is 4.79 Å². The summed E-state index contributed by atoms with van der Waals surface area (Å²) in [7, 11) is 1.86. The summed E-state index contributed by atoms with van der Waals surface area (Å²) < 4.78 is 0. The van der Waals surface area contributed by atoms with Crippen LogP contribution in [0, 0.1) is 5.92 Å². The lowest BCUT2D eigenvalue weighted by atomic mass is 9.92. The van der Waals surface area contributed by atoms with Gasteiger partial charge in [-0.25, -0.2) is 0 Å². The summed E-state index contributed by atoms with van der Waals surface area (Å²) >= 11 is 0. The van der Waals surface area contributed by atoms with E-state index in [1.807, 2.05) is 42.3 Å². The Morgan fingerprint density at radius 2 is 2.10 bits per heavy atom. The summed E-state index contributed by atoms with van der Waals surface area (Å²) in [5, 5.41) is 9.29. The van der Waals surface area contributed by atoms with Crippen molar-refractivity contribution in [3.63, 3.8) is 0 Å². The fraction of sp³-hybridized carbons (Fsp3) is 0.471. The molecule has 0 aromatic heterocycles. The van der Waals surface area contributed by atoms with E-state index in [2.05, 4.69) is 12.2 Å². The van der Waals surface area contributed by atoms with Gasteiger partial charge in [0.15, 0.2) is 0 Å². The molecule has 0 saturated carbocycles. The Bertz CT molecular complexity index is 455. The summed E-state index contributed by atoms with van der Waals surface area (Å²) in [6.07, 6.45) is 7.58. The van der Waals surface area contributed by atoms with Crippen LogP contribution in [0.5, 0.6) is 0 Å². The first-order valence-corrected chi connectivity index (χ1v) is 7.31. The number of carbonyl (C=O) groups is 1. The zero-order valence-corrected chi connectivity index (χ0v) is 12.0. The average molecular weight is 273 g/mol. The molecule has 1 aliphatic carbocycles. The Balaban J connectivity index is 2.12. The van der Waals surface area contributed by atoms with Gasteiger partial charge >= 0.3 is 0 Å². The maximum atomic E-state index is 12.6. The second kappa shape index (κ2) is 7.25. The molecule has 2 rings (SSSR count). The summed E-state index contributed by atoms with van der Waals surface area (Å²) in [5.41, 5.74) is 1.09. The van der Waals surface area contributed by atoms with Crippen molar-refractivity contribution < 1.29 is 9.90 Å². The molecule has 0 heterocycles. The maximum absolute atomic E-state index is 12.6. The highest BCUT2D eigenvalue weighted by atomic mass is 16.3. The fourth-order valence-electron chi connectivity index (χ4n) is 2.84. The van der Waals surface area contributed by atoms with Gasteiger partial charge in [-0.3, -0.25) is 4.79 Å². The highest BCUT2D eigenvalue weighted by Gasteiger charge is 2.27. The van der Waals surface area contributed by atoms with Crippen LogP contribution in [-0.4, -0.2) is 29.6 Å². The molecule has 1 aromatic rings. The summed E-state index contributed by atoms with van der Waals surface area (Å²) in [4.78, 5) is 14.4. The summed E-state index contributed by atoms with van der Waals surface area (Å²) in [6, 6.07) is 9.91. The summed E-state index contributed by atoms with van der Waals surface area (Å²) in [5.74, 6) is 0.284. The van der Waals surface area contributed by atoms with Crippen LogP contribution in [0.15, 0.2) is 42.5 Å². The molecule has 1 N–H and O–H groups in total. The van der Waals surface area contributed by atoms with E-state index < -0.39 is 0 Å². The number of aliphatic hydroxyl groups excluding tert-OH is 1. The van der Waals surface area contributed by atoms with Gasteiger partial charge in [-0.05, 0) is 31.2 Å². The number of carbonyl (C=O) groups excluding carboxylic acids is 1. The number of amides is 1. The van der Waals surface area contributed by atoms with E-state index in [0.29, 0.717) is 6.42 Å². The summed E-state index contributed by atoms with van der Waals surface area (Å²) in [6.45, 7) is 0.0851. The Kier molecular flexibility index (Phi) is 5.36. The number of nitrogens with zero attached hydrogens (tertiary/aromatic N) is 1. The van der Waals surface area contributed by atoms with Gasteiger partial charge in [0.05, 0.1) is 6.04 Å². The number of allylic oxidation sites excluding steroid dienone is 2. The molecule has 3 heteroatoms. The fourth-order valence-corrected chi connectivity index (χ4v) is 2.84. The second-order valence-corrected chi connectivity index (χ2v) is 5.37. The van der Waals surface area contributed by atoms with E-state index in [9.17, 15) is 9.90 Å². The first-order valence-electron chi connectivity index (χ1n) is 7.31. The van der Waals surface area contributed by atoms with Gasteiger partial charge in [0.1, 0.15) is 0 Å². The first kappa shape index (κ1) is 14.8. The molecule has 108 valence electrons. The molecule has 3 nitrogen and oxygen atoms in total. The zero-order chi connectivity index (χ0) is 14.4. The number of hydrogen-bond acceptors (Lipinski definition) is 2. The van der Waals surface area contributed by atoms with Crippen LogP contribution >= 0.6 is 0 Å². The van der Waals surface area contributed by atoms with Crippen molar-refractivity contribution in [2.45, 2.75) is 31.7 Å². The Labute approximate surface area is 120 Å². The van der Waals surface area contributed by atoms with Crippen molar-refractivity contribution in [1.29, 1.82) is 0 Å². The van der Waals surface area contributed by atoms with Crippen LogP contribution in [0.3, 0.4) is 0 Å². The van der Waals surface area contributed by atoms with E-state index in [4.69, 9.17) is 0 Å². The normalized spacial score (nSPS) is 19.6. The van der Waals surface area contributed by atoms with Crippen LogP contribution in [0.1, 0.15) is 37.3 Å². The van der Waals surface area contributed by atoms with Gasteiger partial charge in [-0.15, -0.1) is 0 Å². The van der Waals surface area contributed by atoms with E-state index in [0.717, 1.165) is 24.8 Å². The van der Waals surface area contributed by atoms with Crippen LogP contribution in [0.2, 0.25) is 0 Å². The third-order valence-corrected chi connectivity index (χ3v) is 4.02. The van der Waals surface area contributed by atoms with Crippen LogP contribution < -0.4 is 0 Å². The van der Waals surface area contributed by atoms with Crippen molar-refractivity contribution in [3.05, 3.63) is 48.0 Å². The lowest BCUT2D eigenvalue weighted by Gasteiger charge is -2.32. The monoisotopic (exact) mass is 273 g/mol. The van der Waals surface area contributed by atoms with E-state index in [1.54, 1.807) is 0 Å². The lowest BCUT2D eigenvalue weighted by Crippen LogP contribution is -2.36. The topological polar surface area (TPSA) is 40.5 Å². The van der Waals surface area contributed by atoms with Gasteiger partial charge in [0, 0.05) is 19.6 Å². The molecule has 0 fully saturated rings. The molecule has 0 bridgehead atoms. The quantitative estimate of drug-likeness (QED) is 0.838. The highest BCUT2D eigenvalue weighted by Crippen LogP contribution is 2.27. The third-order valence-electron chi connectivity index (χ3n) is 4.02. The van der Waals surface area contributed by atoms with Gasteiger partial charge in [-0.1, -0.05) is 42.5 Å². The molecule has 1 aliphatic rings. The van der Waals surface area contributed by atoms with Crippen molar-refractivity contribution in [1.82, 2.24) is 4.90 Å². The number of benzene rings is 1. The van der Waals surface area contributed by atoms with Crippen LogP contribution in [0.4, 0.5) is 0 Å². The maximum Gasteiger partial charge on any atom is 0.226 e. The number of rotatable bonds is 5. The molecule has 1 amide bonds. The Hall–Kier alpha value is -1.61. The molecular formula is C17H23NO2. The minimum Gasteiger partial charge on any atom is -0.396 e. The molecule has 0 saturated heterocycles. The van der Waals surface area contributed by atoms with E-state index in [1.165, 1.54) is 0 Å². The first-order chi connectivity index (χ1) is 9.74. The van der Waals surface area contributed by atoms with E-state index >= 15 is 0 Å². The molecule has 0 aliphatic heterocycles. The van der Waals surface area contributed by atoms with Gasteiger partial charge in [-0.2, -0.15) is 0 Å². The highest BCUT2D eigenvalue weighted by molar-refractivity contribution is 5.79. The largest absolute Gasteiger partial charge is 0.396 e. The molecule has 2 unspecified atom stereocenters. The SMILES string of the molecule is CN(C(=O)C1CC=CCC1)C(CCO)c1ccccc1. The molecular weight excluding hydrogens is 250 g/mol. The average Bonchev–Trinajstić information content (AvgIpc) is 2.53. The lowest BCUT2D eigenvalue weighted by molar-refractivity contribution is -0.137. The predicted molar refractivity (Wildman–Crippen MR) is 80.1 cm³/mol. The third kappa shape index (κ3) is 3.48. The Morgan fingerprint density at radius 3 is 2.70 bits per heavy atom. The van der Waals surface area contributed by atoms with Crippen molar-refractivity contribution >= 4 is 5.91 Å². The van der Waals surface area contributed by atoms with E-state index in [-0.39, 0.29) is 24.5 Å². The molecule has 0 radical (unpaired) electrons. The zero-order valence-electron chi connectivity index (χ0n) is 12.0. The molecule has 2 atom stereocenters. The standard InChI is InChI=1S/C17H23NO2/c1-18(17(20)15-10-6-3-7-11-15)16(12-13-19)14-8-4-2-5-9-14/h2-6,8-9,15-16,19H,7,10-13H2,1H3. The number of hydrogen-bond donors (Lipinski definition) is 1. The number of aliphatic hydroxyl groups is 1. The van der Waals surface area contributed by atoms with Gasteiger partial charge < -0.3 is 10.0 Å². The van der Waals surface area contributed by atoms with Gasteiger partial charge in [0.2, 0.25) is 5.91 Å². The van der Waals surface area contributed by atoms with Crippen molar-refractivity contribution in [3.8, 4) is 0 Å². The van der Waals surface area contributed by atoms with Crippen LogP contribution in [0.25, 0.3) is 0 Å². The molecule has 0 spiro atoms. The molecule has 1 aromatic carbocycles. The van der Waals surface area contributed by atoms with Gasteiger partial charge in [0.25, 0.3) is 0 Å². The second-order valence-electron chi connectivity index (χ2n) is 5.37. The Morgan fingerprint density at radius 1 is 1.35 bits per heavy atom. The van der Waals surface area contributed by atoms with Crippen molar-refractivity contribution in [2.24, 2.45) is 5.92 Å². The predicted octanol–water partition coefficient (Wildman–Crippen LogP) is 2.92. The molecule has 20 heavy (non-hydrogen) atoms.